The molecule has 2 aromatic carbocycles. The number of carbonyl (C=O) groups is 3. The number of methoxy groups -OCH3 is 1. The fourth-order valence-electron chi connectivity index (χ4n) is 6.36. The third-order valence-electron chi connectivity index (χ3n) is 8.49. The Labute approximate surface area is 254 Å². The number of benzene rings is 2. The third kappa shape index (κ3) is 7.29. The normalized spacial score (nSPS) is 25.6. The first-order valence-electron chi connectivity index (χ1n) is 14.4. The molecule has 0 bridgehead atoms. The molecule has 1 saturated carbocycles. The van der Waals surface area contributed by atoms with Crippen LogP contribution in [0.3, 0.4) is 0 Å². The summed E-state index contributed by atoms with van der Waals surface area (Å²) < 4.78 is 94.3. The molecule has 2 aromatic rings. The summed E-state index contributed by atoms with van der Waals surface area (Å²) in [4.78, 5) is 41.2. The van der Waals surface area contributed by atoms with Crippen LogP contribution >= 0.6 is 0 Å². The van der Waals surface area contributed by atoms with Crippen molar-refractivity contribution in [2.24, 2.45) is 0 Å². The molecule has 0 aromatic heterocycles. The Hall–Kier alpha value is -4.01. The van der Waals surface area contributed by atoms with Gasteiger partial charge in [-0.1, -0.05) is 12.1 Å². The number of nitrogens with zero attached hydrogens (tertiary/aromatic N) is 2. The zero-order chi connectivity index (χ0) is 32.5. The number of halogens is 6. The van der Waals surface area contributed by atoms with Gasteiger partial charge in [0.05, 0.1) is 7.11 Å². The standard InChI is InChI=1S/C30H31F6N3O6/c1-43-27(40)26-25(17-4-9-22(32)23(33)12-17)39(29(42)45-26)28(41)37-19-10-11-38(14-19)20-6-2-16(3-7-20)21-8-5-18(31)13-24(21)44-15-30(34,35)36/h4-5,8-9,12-13,16,19-20,25-26H,2-3,6-7,10-11,14-15H2,1H3,(H,37,41). The minimum absolute atomic E-state index is 0.0387. The van der Waals surface area contributed by atoms with E-state index in [2.05, 4.69) is 15.0 Å². The lowest BCUT2D eigenvalue weighted by molar-refractivity contribution is -0.153. The molecule has 3 atom stereocenters. The highest BCUT2D eigenvalue weighted by atomic mass is 19.4. The van der Waals surface area contributed by atoms with Crippen LogP contribution in [0.2, 0.25) is 0 Å². The van der Waals surface area contributed by atoms with Crippen LogP contribution in [0.1, 0.15) is 55.2 Å². The summed E-state index contributed by atoms with van der Waals surface area (Å²) in [5.74, 6) is -4.27. The number of rotatable bonds is 7. The monoisotopic (exact) mass is 643 g/mol. The summed E-state index contributed by atoms with van der Waals surface area (Å²) in [5.41, 5.74) is 0.493. The molecule has 15 heteroatoms. The van der Waals surface area contributed by atoms with E-state index in [1.807, 2.05) is 0 Å². The maximum Gasteiger partial charge on any atom is 0.422 e. The highest BCUT2D eigenvalue weighted by Crippen LogP contribution is 2.40. The molecule has 5 rings (SSSR count). The Morgan fingerprint density at radius 1 is 1.00 bits per heavy atom. The van der Waals surface area contributed by atoms with Gasteiger partial charge in [-0.2, -0.15) is 13.2 Å². The second-order valence-electron chi connectivity index (χ2n) is 11.3. The second kappa shape index (κ2) is 13.2. The molecule has 3 aliphatic rings. The third-order valence-corrected chi connectivity index (χ3v) is 8.49. The van der Waals surface area contributed by atoms with Crippen LogP contribution in [-0.4, -0.2) is 79.1 Å². The van der Waals surface area contributed by atoms with E-state index < -0.39 is 60.5 Å². The topological polar surface area (TPSA) is 97.4 Å². The predicted molar refractivity (Wildman–Crippen MR) is 145 cm³/mol. The maximum absolute atomic E-state index is 14.0. The number of carbonyl (C=O) groups excluding carboxylic acids is 3. The summed E-state index contributed by atoms with van der Waals surface area (Å²) in [6, 6.07) is 3.85. The van der Waals surface area contributed by atoms with Gasteiger partial charge in [-0.25, -0.2) is 32.5 Å². The molecule has 2 saturated heterocycles. The molecular formula is C30H31F6N3O6. The minimum atomic E-state index is -4.55. The lowest BCUT2D eigenvalue weighted by Crippen LogP contribution is -2.48. The maximum atomic E-state index is 14.0. The first-order valence-corrected chi connectivity index (χ1v) is 14.4. The number of imide groups is 1. The molecule has 1 aliphatic carbocycles. The minimum Gasteiger partial charge on any atom is -0.484 e. The number of urea groups is 1. The van der Waals surface area contributed by atoms with Crippen molar-refractivity contribution < 1.29 is 54.9 Å². The molecule has 0 radical (unpaired) electrons. The molecular weight excluding hydrogens is 612 g/mol. The molecule has 3 fully saturated rings. The zero-order valence-corrected chi connectivity index (χ0v) is 24.1. The van der Waals surface area contributed by atoms with Gasteiger partial charge in [0.15, 0.2) is 18.2 Å². The van der Waals surface area contributed by atoms with Crippen molar-refractivity contribution in [3.8, 4) is 5.75 Å². The van der Waals surface area contributed by atoms with E-state index in [0.717, 1.165) is 31.4 Å². The van der Waals surface area contributed by atoms with Crippen molar-refractivity contribution in [1.29, 1.82) is 0 Å². The molecule has 2 aliphatic heterocycles. The first-order chi connectivity index (χ1) is 21.3. The Kier molecular flexibility index (Phi) is 9.46. The van der Waals surface area contributed by atoms with E-state index >= 15 is 0 Å². The van der Waals surface area contributed by atoms with E-state index in [4.69, 9.17) is 9.47 Å². The highest BCUT2D eigenvalue weighted by Gasteiger charge is 2.51. The molecule has 0 spiro atoms. The van der Waals surface area contributed by atoms with Crippen LogP contribution in [0, 0.1) is 17.5 Å². The van der Waals surface area contributed by atoms with Crippen molar-refractivity contribution in [2.75, 3.05) is 26.8 Å². The Balaban J connectivity index is 1.20. The van der Waals surface area contributed by atoms with Crippen LogP contribution in [0.4, 0.5) is 35.9 Å². The van der Waals surface area contributed by atoms with Crippen LogP contribution < -0.4 is 10.1 Å². The van der Waals surface area contributed by atoms with E-state index in [1.165, 1.54) is 12.1 Å². The van der Waals surface area contributed by atoms with E-state index in [-0.39, 0.29) is 29.3 Å². The second-order valence-corrected chi connectivity index (χ2v) is 11.3. The first kappa shape index (κ1) is 32.4. The van der Waals surface area contributed by atoms with Crippen molar-refractivity contribution in [2.45, 2.75) is 68.4 Å². The smallest absolute Gasteiger partial charge is 0.422 e. The number of nitrogens with one attached hydrogen (secondary N) is 1. The average Bonchev–Trinajstić information content (AvgIpc) is 3.61. The van der Waals surface area contributed by atoms with Crippen molar-refractivity contribution >= 4 is 18.1 Å². The van der Waals surface area contributed by atoms with Gasteiger partial charge in [0.25, 0.3) is 0 Å². The molecule has 244 valence electrons. The predicted octanol–water partition coefficient (Wildman–Crippen LogP) is 5.59. The molecule has 45 heavy (non-hydrogen) atoms. The van der Waals surface area contributed by atoms with Gasteiger partial charge in [-0.05, 0) is 67.3 Å². The zero-order valence-electron chi connectivity index (χ0n) is 24.1. The number of amides is 3. The van der Waals surface area contributed by atoms with Crippen LogP contribution in [0.5, 0.6) is 5.75 Å². The number of hydrogen-bond donors (Lipinski definition) is 1. The number of alkyl halides is 3. The lowest BCUT2D eigenvalue weighted by Gasteiger charge is -2.35. The van der Waals surface area contributed by atoms with Gasteiger partial charge in [0.2, 0.25) is 6.10 Å². The molecule has 1 N–H and O–H groups in total. The summed E-state index contributed by atoms with van der Waals surface area (Å²) >= 11 is 0. The van der Waals surface area contributed by atoms with Gasteiger partial charge in [0, 0.05) is 31.2 Å². The fourth-order valence-corrected chi connectivity index (χ4v) is 6.36. The van der Waals surface area contributed by atoms with Gasteiger partial charge in [-0.3, -0.25) is 4.90 Å². The van der Waals surface area contributed by atoms with Gasteiger partial charge in [-0.15, -0.1) is 0 Å². The molecule has 3 amide bonds. The number of ether oxygens (including phenoxy) is 3. The van der Waals surface area contributed by atoms with Crippen molar-refractivity contribution in [1.82, 2.24) is 15.1 Å². The number of hydrogen-bond acceptors (Lipinski definition) is 7. The Bertz CT molecular complexity index is 1430. The van der Waals surface area contributed by atoms with Gasteiger partial charge >= 0.3 is 24.3 Å². The largest absolute Gasteiger partial charge is 0.484 e. The van der Waals surface area contributed by atoms with Crippen LogP contribution in [0.25, 0.3) is 0 Å². The quantitative estimate of drug-likeness (QED) is 0.311. The van der Waals surface area contributed by atoms with E-state index in [0.29, 0.717) is 55.7 Å². The molecule has 9 nitrogen and oxygen atoms in total. The summed E-state index contributed by atoms with van der Waals surface area (Å²) in [6.07, 6.45) is -4.07. The van der Waals surface area contributed by atoms with Gasteiger partial charge < -0.3 is 19.5 Å². The van der Waals surface area contributed by atoms with Crippen molar-refractivity contribution in [3.63, 3.8) is 0 Å². The van der Waals surface area contributed by atoms with E-state index in [9.17, 15) is 40.7 Å². The fraction of sp³-hybridized carbons (Fsp3) is 0.500. The summed E-state index contributed by atoms with van der Waals surface area (Å²) in [7, 11) is 1.06. The van der Waals surface area contributed by atoms with Gasteiger partial charge in [0.1, 0.15) is 17.6 Å². The summed E-state index contributed by atoms with van der Waals surface area (Å²) in [5, 5.41) is 2.78. The van der Waals surface area contributed by atoms with E-state index in [1.54, 1.807) is 0 Å². The Morgan fingerprint density at radius 3 is 2.40 bits per heavy atom. The summed E-state index contributed by atoms with van der Waals surface area (Å²) in [6.45, 7) is -0.449. The number of esters is 1. The lowest BCUT2D eigenvalue weighted by atomic mass is 9.81. The van der Waals surface area contributed by atoms with Crippen LogP contribution in [0.15, 0.2) is 36.4 Å². The number of cyclic esters (lactones) is 1. The molecule has 3 unspecified atom stereocenters. The average molecular weight is 644 g/mol. The SMILES string of the molecule is COC(=O)C1OC(=O)N(C(=O)NC2CCN(C3CCC(c4ccc(F)cc4OCC(F)(F)F)CC3)C2)C1c1ccc(F)c(F)c1. The Morgan fingerprint density at radius 2 is 1.73 bits per heavy atom. The number of likely N-dealkylation sites (tertiary alicyclic amines) is 1. The van der Waals surface area contributed by atoms with Crippen LogP contribution in [-0.2, 0) is 14.3 Å². The van der Waals surface area contributed by atoms with Crippen molar-refractivity contribution in [3.05, 3.63) is 65.0 Å². The molecule has 2 heterocycles. The highest BCUT2D eigenvalue weighted by molar-refractivity contribution is 5.96.